The normalized spacial score (nSPS) is 19.5. The Morgan fingerprint density at radius 2 is 1.96 bits per heavy atom. The SMILES string of the molecule is CCN[C@@H](COC[C@H]1CCCN1C(=O)OC(C)(C)C)C(=O)NC(C)B(C)C. The lowest BCUT2D eigenvalue weighted by Crippen LogP contribution is -2.52. The maximum Gasteiger partial charge on any atom is 0.410 e. The van der Waals surface area contributed by atoms with Gasteiger partial charge >= 0.3 is 6.09 Å². The zero-order valence-electron chi connectivity index (χ0n) is 18.1. The third kappa shape index (κ3) is 8.51. The number of nitrogens with zero attached hydrogens (tertiary/aromatic N) is 1. The number of hydrogen-bond acceptors (Lipinski definition) is 5. The van der Waals surface area contributed by atoms with Gasteiger partial charge in [0.25, 0.3) is 0 Å². The van der Waals surface area contributed by atoms with Crippen molar-refractivity contribution >= 4 is 18.7 Å². The summed E-state index contributed by atoms with van der Waals surface area (Å²) in [6.45, 7) is 16.2. The molecule has 0 saturated carbocycles. The second-order valence-corrected chi connectivity index (χ2v) is 8.66. The highest BCUT2D eigenvalue weighted by Crippen LogP contribution is 2.21. The molecule has 2 N–H and O–H groups in total. The predicted octanol–water partition coefficient (Wildman–Crippen LogP) is 2.18. The minimum Gasteiger partial charge on any atom is -0.444 e. The maximum absolute atomic E-state index is 12.5. The van der Waals surface area contributed by atoms with E-state index >= 15 is 0 Å². The Morgan fingerprint density at radius 3 is 2.52 bits per heavy atom. The van der Waals surface area contributed by atoms with Gasteiger partial charge in [0.1, 0.15) is 11.6 Å². The van der Waals surface area contributed by atoms with Gasteiger partial charge in [0.2, 0.25) is 5.91 Å². The molecule has 0 spiro atoms. The Morgan fingerprint density at radius 1 is 1.30 bits per heavy atom. The molecular formula is C19H38BN3O4. The van der Waals surface area contributed by atoms with Crippen LogP contribution in [0.3, 0.4) is 0 Å². The first-order valence-corrected chi connectivity index (χ1v) is 10.2. The molecule has 2 amide bonds. The van der Waals surface area contributed by atoms with Crippen molar-refractivity contribution in [1.82, 2.24) is 15.5 Å². The van der Waals surface area contributed by atoms with Crippen LogP contribution in [0, 0.1) is 0 Å². The van der Waals surface area contributed by atoms with Gasteiger partial charge in [0.05, 0.1) is 19.3 Å². The summed E-state index contributed by atoms with van der Waals surface area (Å²) in [5.74, 6) is 0.0598. The fraction of sp³-hybridized carbons (Fsp3) is 0.895. The molecule has 1 fully saturated rings. The molecule has 156 valence electrons. The molecule has 0 radical (unpaired) electrons. The summed E-state index contributed by atoms with van der Waals surface area (Å²) in [6.07, 6.45) is 1.54. The van der Waals surface area contributed by atoms with Crippen molar-refractivity contribution in [2.75, 3.05) is 26.3 Å². The van der Waals surface area contributed by atoms with Crippen LogP contribution >= 0.6 is 0 Å². The molecule has 8 heteroatoms. The Bertz CT molecular complexity index is 482. The lowest BCUT2D eigenvalue weighted by atomic mass is 9.49. The molecule has 3 atom stereocenters. The van der Waals surface area contributed by atoms with Crippen molar-refractivity contribution in [2.45, 2.75) is 84.7 Å². The first kappa shape index (κ1) is 23.8. The van der Waals surface area contributed by atoms with E-state index in [2.05, 4.69) is 24.3 Å². The van der Waals surface area contributed by atoms with Crippen LogP contribution in [0.2, 0.25) is 13.6 Å². The zero-order chi connectivity index (χ0) is 20.6. The molecule has 1 rings (SSSR count). The van der Waals surface area contributed by atoms with Crippen molar-refractivity contribution < 1.29 is 19.1 Å². The number of ether oxygens (including phenoxy) is 2. The van der Waals surface area contributed by atoms with E-state index in [-0.39, 0.29) is 30.6 Å². The fourth-order valence-electron chi connectivity index (χ4n) is 2.86. The van der Waals surface area contributed by atoms with Crippen LogP contribution in [0.25, 0.3) is 0 Å². The molecule has 1 aliphatic heterocycles. The minimum absolute atomic E-state index is 0.000208. The number of rotatable bonds is 9. The van der Waals surface area contributed by atoms with E-state index in [9.17, 15) is 9.59 Å². The van der Waals surface area contributed by atoms with Gasteiger partial charge in [-0.05, 0) is 40.2 Å². The van der Waals surface area contributed by atoms with E-state index < -0.39 is 11.6 Å². The molecule has 1 heterocycles. The Labute approximate surface area is 165 Å². The van der Waals surface area contributed by atoms with Gasteiger partial charge < -0.3 is 25.0 Å². The number of carbonyl (C=O) groups is 2. The monoisotopic (exact) mass is 383 g/mol. The van der Waals surface area contributed by atoms with E-state index in [1.807, 2.05) is 34.6 Å². The molecule has 27 heavy (non-hydrogen) atoms. The number of amides is 2. The van der Waals surface area contributed by atoms with Crippen LogP contribution in [-0.2, 0) is 14.3 Å². The van der Waals surface area contributed by atoms with E-state index in [4.69, 9.17) is 9.47 Å². The number of likely N-dealkylation sites (N-methyl/N-ethyl adjacent to an activating group) is 1. The molecule has 0 aromatic heterocycles. The lowest BCUT2D eigenvalue weighted by Gasteiger charge is -2.29. The van der Waals surface area contributed by atoms with Gasteiger partial charge in [-0.15, -0.1) is 0 Å². The Hall–Kier alpha value is -1.28. The lowest BCUT2D eigenvalue weighted by molar-refractivity contribution is -0.125. The van der Waals surface area contributed by atoms with Gasteiger partial charge in [-0.2, -0.15) is 0 Å². The summed E-state index contributed by atoms with van der Waals surface area (Å²) in [5, 5.41) is 6.20. The second kappa shape index (κ2) is 10.9. The average molecular weight is 383 g/mol. The van der Waals surface area contributed by atoms with Crippen LogP contribution in [0.4, 0.5) is 4.79 Å². The van der Waals surface area contributed by atoms with Crippen molar-refractivity contribution in [3.05, 3.63) is 0 Å². The third-order valence-corrected chi connectivity index (χ3v) is 4.74. The maximum atomic E-state index is 12.5. The molecular weight excluding hydrogens is 345 g/mol. The van der Waals surface area contributed by atoms with Crippen molar-refractivity contribution in [2.24, 2.45) is 0 Å². The minimum atomic E-state index is -0.508. The predicted molar refractivity (Wildman–Crippen MR) is 109 cm³/mol. The Kier molecular flexibility index (Phi) is 9.60. The smallest absolute Gasteiger partial charge is 0.410 e. The van der Waals surface area contributed by atoms with Gasteiger partial charge in [-0.25, -0.2) is 4.79 Å². The highest BCUT2D eigenvalue weighted by molar-refractivity contribution is 6.57. The molecule has 0 bridgehead atoms. The summed E-state index contributed by atoms with van der Waals surface area (Å²) in [4.78, 5) is 26.5. The quantitative estimate of drug-likeness (QED) is 0.597. The van der Waals surface area contributed by atoms with E-state index in [1.54, 1.807) is 4.90 Å². The zero-order valence-corrected chi connectivity index (χ0v) is 18.1. The first-order valence-electron chi connectivity index (χ1n) is 10.2. The number of hydrogen-bond donors (Lipinski definition) is 2. The topological polar surface area (TPSA) is 79.9 Å². The molecule has 7 nitrogen and oxygen atoms in total. The van der Waals surface area contributed by atoms with E-state index in [0.29, 0.717) is 26.4 Å². The first-order chi connectivity index (χ1) is 12.5. The second-order valence-electron chi connectivity index (χ2n) is 8.66. The van der Waals surface area contributed by atoms with E-state index in [0.717, 1.165) is 12.8 Å². The summed E-state index contributed by atoms with van der Waals surface area (Å²) >= 11 is 0. The van der Waals surface area contributed by atoms with Crippen molar-refractivity contribution in [3.63, 3.8) is 0 Å². The molecule has 0 aromatic carbocycles. The summed E-state index contributed by atoms with van der Waals surface area (Å²) in [7, 11) is 0. The number of likely N-dealkylation sites (tertiary alicyclic amines) is 1. The molecule has 1 saturated heterocycles. The highest BCUT2D eigenvalue weighted by atomic mass is 16.6. The van der Waals surface area contributed by atoms with Gasteiger partial charge in [0, 0.05) is 12.5 Å². The summed E-state index contributed by atoms with van der Waals surface area (Å²) < 4.78 is 11.3. The van der Waals surface area contributed by atoms with Crippen LogP contribution in [0.15, 0.2) is 0 Å². The van der Waals surface area contributed by atoms with E-state index in [1.165, 1.54) is 0 Å². The Balaban J connectivity index is 2.51. The molecule has 0 aliphatic carbocycles. The van der Waals surface area contributed by atoms with Gasteiger partial charge in [-0.3, -0.25) is 4.79 Å². The fourth-order valence-corrected chi connectivity index (χ4v) is 2.86. The number of carbonyl (C=O) groups excluding carboxylic acids is 2. The summed E-state index contributed by atoms with van der Waals surface area (Å²) in [6, 6.07) is -0.396. The standard InChI is InChI=1S/C19H38BN3O4/c1-8-21-16(17(24)22-14(2)20(6)7)13-26-12-15-10-9-11-23(15)18(25)27-19(3,4)5/h14-16,21H,8-13H2,1-7H3,(H,22,24)/t14?,15-,16+/m1/s1. The molecule has 0 aromatic rings. The average Bonchev–Trinajstić information content (AvgIpc) is 3.00. The van der Waals surface area contributed by atoms with Gasteiger partial charge in [-0.1, -0.05) is 27.5 Å². The van der Waals surface area contributed by atoms with Crippen molar-refractivity contribution in [1.29, 1.82) is 0 Å². The molecule has 1 unspecified atom stereocenters. The third-order valence-electron chi connectivity index (χ3n) is 4.74. The number of nitrogens with one attached hydrogen (secondary N) is 2. The van der Waals surface area contributed by atoms with Crippen LogP contribution in [0.5, 0.6) is 0 Å². The molecule has 1 aliphatic rings. The van der Waals surface area contributed by atoms with Crippen LogP contribution in [0.1, 0.15) is 47.5 Å². The largest absolute Gasteiger partial charge is 0.444 e. The van der Waals surface area contributed by atoms with Crippen molar-refractivity contribution in [3.8, 4) is 0 Å². The highest BCUT2D eigenvalue weighted by Gasteiger charge is 2.32. The van der Waals surface area contributed by atoms with Crippen LogP contribution < -0.4 is 10.6 Å². The van der Waals surface area contributed by atoms with Gasteiger partial charge in [0.15, 0.2) is 6.71 Å². The van der Waals surface area contributed by atoms with Crippen LogP contribution in [-0.4, -0.2) is 73.5 Å². The summed E-state index contributed by atoms with van der Waals surface area (Å²) in [5.41, 5.74) is -0.508.